The summed E-state index contributed by atoms with van der Waals surface area (Å²) in [6.45, 7) is 7.58. The first-order valence-corrected chi connectivity index (χ1v) is 8.50. The van der Waals surface area contributed by atoms with E-state index in [9.17, 15) is 4.79 Å². The van der Waals surface area contributed by atoms with Crippen LogP contribution in [0.25, 0.3) is 0 Å². The van der Waals surface area contributed by atoms with Crippen LogP contribution in [0.3, 0.4) is 0 Å². The quantitative estimate of drug-likeness (QED) is 0.923. The number of pyridine rings is 1. The van der Waals surface area contributed by atoms with Crippen molar-refractivity contribution in [2.24, 2.45) is 0 Å². The van der Waals surface area contributed by atoms with Crippen molar-refractivity contribution < 1.29 is 4.79 Å². The summed E-state index contributed by atoms with van der Waals surface area (Å²) < 4.78 is 0. The third-order valence-corrected chi connectivity index (χ3v) is 4.86. The fourth-order valence-corrected chi connectivity index (χ4v) is 3.36. The van der Waals surface area contributed by atoms with Gasteiger partial charge < -0.3 is 15.1 Å². The molecule has 0 unspecified atom stereocenters. The molecule has 0 radical (unpaired) electrons. The third-order valence-electron chi connectivity index (χ3n) is 4.86. The summed E-state index contributed by atoms with van der Waals surface area (Å²) in [7, 11) is 0. The van der Waals surface area contributed by atoms with Gasteiger partial charge in [0.1, 0.15) is 5.69 Å². The van der Waals surface area contributed by atoms with E-state index in [0.29, 0.717) is 11.7 Å². The van der Waals surface area contributed by atoms with Crippen molar-refractivity contribution in [2.45, 2.75) is 38.6 Å². The van der Waals surface area contributed by atoms with Crippen LogP contribution in [0.5, 0.6) is 0 Å². The van der Waals surface area contributed by atoms with Gasteiger partial charge in [0, 0.05) is 32.2 Å². The minimum atomic E-state index is -0.0331. The van der Waals surface area contributed by atoms with E-state index in [1.54, 1.807) is 0 Å². The number of carbonyl (C=O) groups is 1. The maximum Gasteiger partial charge on any atom is 0.270 e. The summed E-state index contributed by atoms with van der Waals surface area (Å²) in [4.78, 5) is 21.3. The zero-order chi connectivity index (χ0) is 15.4. The second-order valence-electron chi connectivity index (χ2n) is 6.28. The van der Waals surface area contributed by atoms with E-state index in [-0.39, 0.29) is 5.91 Å². The number of piperazine rings is 1. The minimum absolute atomic E-state index is 0.0331. The number of anilines is 1. The van der Waals surface area contributed by atoms with Crippen LogP contribution in [0.1, 0.15) is 43.1 Å². The Hall–Kier alpha value is -1.62. The molecule has 1 amide bonds. The zero-order valence-corrected chi connectivity index (χ0v) is 13.4. The number of nitrogens with zero attached hydrogens (tertiary/aromatic N) is 3. The molecule has 22 heavy (non-hydrogen) atoms. The van der Waals surface area contributed by atoms with Crippen molar-refractivity contribution in [1.82, 2.24) is 15.2 Å². The Morgan fingerprint density at radius 1 is 1.23 bits per heavy atom. The Labute approximate surface area is 132 Å². The van der Waals surface area contributed by atoms with Gasteiger partial charge in [0.05, 0.1) is 11.9 Å². The van der Waals surface area contributed by atoms with Gasteiger partial charge in [-0.15, -0.1) is 0 Å². The predicted octanol–water partition coefficient (Wildman–Crippen LogP) is 1.90. The highest BCUT2D eigenvalue weighted by Crippen LogP contribution is 2.19. The lowest BCUT2D eigenvalue weighted by Gasteiger charge is -2.35. The number of aromatic nitrogens is 1. The summed E-state index contributed by atoms with van der Waals surface area (Å²) in [5, 5.41) is 3.09. The number of likely N-dealkylation sites (N-methyl/N-ethyl adjacent to an activating group) is 1. The molecule has 1 aliphatic heterocycles. The molecular weight excluding hydrogens is 276 g/mol. The van der Waals surface area contributed by atoms with Gasteiger partial charge in [-0.2, -0.15) is 0 Å². The van der Waals surface area contributed by atoms with E-state index >= 15 is 0 Å². The molecule has 0 bridgehead atoms. The fraction of sp³-hybridized carbons (Fsp3) is 0.647. The predicted molar refractivity (Wildman–Crippen MR) is 88.3 cm³/mol. The highest BCUT2D eigenvalue weighted by Gasteiger charge is 2.19. The average Bonchev–Trinajstić information content (AvgIpc) is 3.08. The van der Waals surface area contributed by atoms with Crippen molar-refractivity contribution in [3.63, 3.8) is 0 Å². The molecule has 0 aromatic carbocycles. The van der Waals surface area contributed by atoms with E-state index < -0.39 is 0 Å². The molecule has 0 spiro atoms. The molecule has 1 saturated heterocycles. The Bertz CT molecular complexity index is 488. The molecule has 1 aliphatic carbocycles. The smallest absolute Gasteiger partial charge is 0.270 e. The molecule has 120 valence electrons. The minimum Gasteiger partial charge on any atom is -0.368 e. The van der Waals surface area contributed by atoms with Gasteiger partial charge in [0.15, 0.2) is 0 Å². The topological polar surface area (TPSA) is 48.5 Å². The van der Waals surface area contributed by atoms with E-state index in [1.165, 1.54) is 12.8 Å². The SMILES string of the molecule is CCN1CCN(c2ccc(C(=O)NC3CCCC3)nc2)CC1. The van der Waals surface area contributed by atoms with Crippen LogP contribution in [-0.4, -0.2) is 54.6 Å². The first kappa shape index (κ1) is 15.3. The second kappa shape index (κ2) is 7.09. The summed E-state index contributed by atoms with van der Waals surface area (Å²) in [5.41, 5.74) is 1.65. The first-order valence-electron chi connectivity index (χ1n) is 8.50. The standard InChI is InChI=1S/C17H26N4O/c1-2-20-9-11-21(12-10-20)15-7-8-16(18-13-15)17(22)19-14-5-3-4-6-14/h7-8,13-14H,2-6,9-12H2,1H3,(H,19,22). The van der Waals surface area contributed by atoms with Crippen LogP contribution in [0, 0.1) is 0 Å². The van der Waals surface area contributed by atoms with Gasteiger partial charge >= 0.3 is 0 Å². The lowest BCUT2D eigenvalue weighted by Crippen LogP contribution is -2.46. The van der Waals surface area contributed by atoms with Gasteiger partial charge in [-0.25, -0.2) is 4.98 Å². The molecule has 1 saturated carbocycles. The van der Waals surface area contributed by atoms with Crippen LogP contribution >= 0.6 is 0 Å². The van der Waals surface area contributed by atoms with Gasteiger partial charge in [0.2, 0.25) is 0 Å². The van der Waals surface area contributed by atoms with Gasteiger partial charge in [-0.05, 0) is 31.5 Å². The lowest BCUT2D eigenvalue weighted by atomic mass is 10.2. The molecule has 2 aliphatic rings. The monoisotopic (exact) mass is 302 g/mol. The molecule has 5 heteroatoms. The first-order chi connectivity index (χ1) is 10.8. The van der Waals surface area contributed by atoms with Crippen LogP contribution < -0.4 is 10.2 Å². The van der Waals surface area contributed by atoms with Crippen LogP contribution in [0.2, 0.25) is 0 Å². The largest absolute Gasteiger partial charge is 0.368 e. The molecule has 1 N–H and O–H groups in total. The Balaban J connectivity index is 1.56. The number of hydrogen-bond acceptors (Lipinski definition) is 4. The Kier molecular flexibility index (Phi) is 4.93. The normalized spacial score (nSPS) is 20.3. The van der Waals surface area contributed by atoms with Crippen molar-refractivity contribution in [2.75, 3.05) is 37.6 Å². The highest BCUT2D eigenvalue weighted by atomic mass is 16.1. The Morgan fingerprint density at radius 2 is 1.95 bits per heavy atom. The molecule has 5 nitrogen and oxygen atoms in total. The van der Waals surface area contributed by atoms with E-state index in [0.717, 1.165) is 51.3 Å². The summed E-state index contributed by atoms with van der Waals surface area (Å²) >= 11 is 0. The fourth-order valence-electron chi connectivity index (χ4n) is 3.36. The number of amides is 1. The average molecular weight is 302 g/mol. The van der Waals surface area contributed by atoms with E-state index in [4.69, 9.17) is 0 Å². The van der Waals surface area contributed by atoms with Crippen LogP contribution in [-0.2, 0) is 0 Å². The number of hydrogen-bond donors (Lipinski definition) is 1. The van der Waals surface area contributed by atoms with Crippen LogP contribution in [0.15, 0.2) is 18.3 Å². The summed E-state index contributed by atoms with van der Waals surface area (Å²) in [6.07, 6.45) is 6.49. The van der Waals surface area contributed by atoms with E-state index in [2.05, 4.69) is 27.0 Å². The van der Waals surface area contributed by atoms with Crippen LogP contribution in [0.4, 0.5) is 5.69 Å². The van der Waals surface area contributed by atoms with Crippen molar-refractivity contribution in [1.29, 1.82) is 0 Å². The second-order valence-corrected chi connectivity index (χ2v) is 6.28. The van der Waals surface area contributed by atoms with Crippen molar-refractivity contribution in [3.05, 3.63) is 24.0 Å². The number of nitrogens with one attached hydrogen (secondary N) is 1. The molecule has 1 aromatic rings. The Morgan fingerprint density at radius 3 is 2.55 bits per heavy atom. The highest BCUT2D eigenvalue weighted by molar-refractivity contribution is 5.92. The summed E-state index contributed by atoms with van der Waals surface area (Å²) in [6, 6.07) is 4.22. The van der Waals surface area contributed by atoms with Gasteiger partial charge in [-0.3, -0.25) is 4.79 Å². The lowest BCUT2D eigenvalue weighted by molar-refractivity contribution is 0.0933. The molecule has 2 fully saturated rings. The molecule has 2 heterocycles. The van der Waals surface area contributed by atoms with Gasteiger partial charge in [0.25, 0.3) is 5.91 Å². The van der Waals surface area contributed by atoms with Crippen molar-refractivity contribution >= 4 is 11.6 Å². The number of carbonyl (C=O) groups excluding carboxylic acids is 1. The third kappa shape index (κ3) is 3.58. The maximum atomic E-state index is 12.2. The molecule has 1 aromatic heterocycles. The van der Waals surface area contributed by atoms with E-state index in [1.807, 2.05) is 18.3 Å². The number of rotatable bonds is 4. The summed E-state index contributed by atoms with van der Waals surface area (Å²) in [5.74, 6) is -0.0331. The zero-order valence-electron chi connectivity index (χ0n) is 13.4. The molecular formula is C17H26N4O. The van der Waals surface area contributed by atoms with Gasteiger partial charge in [-0.1, -0.05) is 19.8 Å². The maximum absolute atomic E-state index is 12.2. The molecule has 0 atom stereocenters. The molecule has 3 rings (SSSR count). The van der Waals surface area contributed by atoms with Crippen molar-refractivity contribution in [3.8, 4) is 0 Å².